The van der Waals surface area contributed by atoms with E-state index >= 15 is 0 Å². The molecule has 0 bridgehead atoms. The van der Waals surface area contributed by atoms with Crippen LogP contribution >= 0.6 is 0 Å². The molecule has 0 saturated heterocycles. The zero-order valence-corrected chi connectivity index (χ0v) is 12.2. The van der Waals surface area contributed by atoms with Crippen LogP contribution in [0.5, 0.6) is 0 Å². The molecular weight excluding hydrogens is 248 g/mol. The van der Waals surface area contributed by atoms with Crippen molar-refractivity contribution in [2.45, 2.75) is 27.7 Å². The van der Waals surface area contributed by atoms with Gasteiger partial charge in [-0.05, 0) is 27.7 Å². The van der Waals surface area contributed by atoms with E-state index in [-0.39, 0.29) is 11.0 Å². The summed E-state index contributed by atoms with van der Waals surface area (Å²) in [7, 11) is 0. The van der Waals surface area contributed by atoms with Crippen molar-refractivity contribution in [3.8, 4) is 23.2 Å². The van der Waals surface area contributed by atoms with Gasteiger partial charge in [-0.15, -0.1) is 0 Å². The van der Waals surface area contributed by atoms with E-state index in [2.05, 4.69) is 21.8 Å². The number of nitrogens with zero attached hydrogens (tertiary/aromatic N) is 1. The minimum Gasteiger partial charge on any atom is -0.305 e. The van der Waals surface area contributed by atoms with Gasteiger partial charge >= 0.3 is 0 Å². The summed E-state index contributed by atoms with van der Waals surface area (Å²) in [5.74, 6) is 6.59. The highest BCUT2D eigenvalue weighted by Gasteiger charge is 2.09. The van der Waals surface area contributed by atoms with Gasteiger partial charge in [0.05, 0.1) is 5.69 Å². The lowest BCUT2D eigenvalue weighted by Crippen LogP contribution is -2.15. The van der Waals surface area contributed by atoms with Crippen LogP contribution in [0.1, 0.15) is 32.0 Å². The number of benzene rings is 1. The highest BCUT2D eigenvalue weighted by Crippen LogP contribution is 2.14. The van der Waals surface area contributed by atoms with Gasteiger partial charge in [0, 0.05) is 11.0 Å². The average molecular weight is 266 g/mol. The first-order chi connectivity index (χ1) is 9.37. The third kappa shape index (κ3) is 3.36. The van der Waals surface area contributed by atoms with Gasteiger partial charge in [0.1, 0.15) is 11.4 Å². The maximum atomic E-state index is 12.2. The summed E-state index contributed by atoms with van der Waals surface area (Å²) in [6, 6.07) is 9.59. The molecule has 2 aromatic rings. The van der Waals surface area contributed by atoms with Crippen LogP contribution in [0.25, 0.3) is 11.4 Å². The Hall–Kier alpha value is -2.34. The summed E-state index contributed by atoms with van der Waals surface area (Å²) in [5.41, 5.74) is 1.66. The highest BCUT2D eigenvalue weighted by atomic mass is 16.1. The van der Waals surface area contributed by atoms with E-state index in [1.807, 2.05) is 58.0 Å². The first-order valence-electron chi connectivity index (χ1n) is 6.56. The van der Waals surface area contributed by atoms with Crippen molar-refractivity contribution < 1.29 is 0 Å². The van der Waals surface area contributed by atoms with Gasteiger partial charge in [-0.3, -0.25) is 4.79 Å². The van der Waals surface area contributed by atoms with Crippen molar-refractivity contribution in [3.63, 3.8) is 0 Å². The molecule has 1 aromatic carbocycles. The lowest BCUT2D eigenvalue weighted by atomic mass is 9.97. The lowest BCUT2D eigenvalue weighted by molar-refractivity contribution is 0.571. The van der Waals surface area contributed by atoms with Crippen molar-refractivity contribution in [1.82, 2.24) is 9.97 Å². The fourth-order valence-electron chi connectivity index (χ4n) is 1.72. The molecule has 0 amide bonds. The second kappa shape index (κ2) is 5.34. The molecule has 3 heteroatoms. The molecule has 102 valence electrons. The van der Waals surface area contributed by atoms with E-state index in [1.54, 1.807) is 0 Å². The number of aromatic nitrogens is 2. The van der Waals surface area contributed by atoms with Crippen LogP contribution < -0.4 is 5.56 Å². The van der Waals surface area contributed by atoms with E-state index in [0.29, 0.717) is 17.1 Å². The van der Waals surface area contributed by atoms with Gasteiger partial charge in [0.2, 0.25) is 0 Å². The fraction of sp³-hybridized carbons (Fsp3) is 0.294. The summed E-state index contributed by atoms with van der Waals surface area (Å²) in [6.45, 7) is 7.84. The Labute approximate surface area is 119 Å². The molecule has 2 rings (SSSR count). The molecule has 0 unspecified atom stereocenters. The molecule has 0 aliphatic heterocycles. The van der Waals surface area contributed by atoms with E-state index in [9.17, 15) is 4.79 Å². The second-order valence-corrected chi connectivity index (χ2v) is 5.74. The van der Waals surface area contributed by atoms with Crippen LogP contribution in [0, 0.1) is 24.2 Å². The SMILES string of the molecule is Cc1nc(-c2ccccc2)[nH]c(=O)c1C#CC(C)(C)C. The van der Waals surface area contributed by atoms with Gasteiger partial charge in [-0.25, -0.2) is 4.98 Å². The van der Waals surface area contributed by atoms with Crippen LogP contribution in [-0.4, -0.2) is 9.97 Å². The summed E-state index contributed by atoms with van der Waals surface area (Å²) >= 11 is 0. The van der Waals surface area contributed by atoms with Gasteiger partial charge < -0.3 is 4.98 Å². The van der Waals surface area contributed by atoms with E-state index in [0.717, 1.165) is 5.56 Å². The molecule has 1 aromatic heterocycles. The van der Waals surface area contributed by atoms with E-state index < -0.39 is 0 Å². The third-order valence-corrected chi connectivity index (χ3v) is 2.71. The zero-order valence-electron chi connectivity index (χ0n) is 12.2. The van der Waals surface area contributed by atoms with Crippen LogP contribution in [0.15, 0.2) is 35.1 Å². The fourth-order valence-corrected chi connectivity index (χ4v) is 1.72. The van der Waals surface area contributed by atoms with Crippen molar-refractivity contribution >= 4 is 0 Å². The Kier molecular flexibility index (Phi) is 3.76. The molecule has 0 atom stereocenters. The topological polar surface area (TPSA) is 45.8 Å². The number of rotatable bonds is 1. The van der Waals surface area contributed by atoms with Crippen LogP contribution in [0.4, 0.5) is 0 Å². The summed E-state index contributed by atoms with van der Waals surface area (Å²) in [6.07, 6.45) is 0. The first kappa shape index (κ1) is 14.1. The molecule has 0 saturated carbocycles. The molecule has 0 fully saturated rings. The second-order valence-electron chi connectivity index (χ2n) is 5.74. The van der Waals surface area contributed by atoms with Crippen LogP contribution in [-0.2, 0) is 0 Å². The average Bonchev–Trinajstić information content (AvgIpc) is 2.37. The maximum absolute atomic E-state index is 12.2. The van der Waals surface area contributed by atoms with Gasteiger partial charge in [-0.2, -0.15) is 0 Å². The molecule has 0 aliphatic rings. The minimum atomic E-state index is -0.187. The van der Waals surface area contributed by atoms with Gasteiger partial charge in [0.25, 0.3) is 5.56 Å². The standard InChI is InChI=1S/C17H18N2O/c1-12-14(10-11-17(2,3)4)16(20)19-15(18-12)13-8-6-5-7-9-13/h5-9H,1-4H3,(H,18,19,20). The number of aromatic amines is 1. The Morgan fingerprint density at radius 1 is 1.15 bits per heavy atom. The molecule has 1 heterocycles. The van der Waals surface area contributed by atoms with Crippen molar-refractivity contribution in [3.05, 3.63) is 51.9 Å². The predicted molar refractivity (Wildman–Crippen MR) is 81.4 cm³/mol. The van der Waals surface area contributed by atoms with E-state index in [1.165, 1.54) is 0 Å². The summed E-state index contributed by atoms with van der Waals surface area (Å²) < 4.78 is 0. The Balaban J connectivity index is 2.50. The van der Waals surface area contributed by atoms with Crippen LogP contribution in [0.3, 0.4) is 0 Å². The van der Waals surface area contributed by atoms with Gasteiger partial charge in [0.15, 0.2) is 0 Å². The first-order valence-corrected chi connectivity index (χ1v) is 6.56. The van der Waals surface area contributed by atoms with Crippen molar-refractivity contribution in [2.24, 2.45) is 5.41 Å². The minimum absolute atomic E-state index is 0.142. The normalized spacial score (nSPS) is 10.8. The Morgan fingerprint density at radius 2 is 1.80 bits per heavy atom. The van der Waals surface area contributed by atoms with E-state index in [4.69, 9.17) is 0 Å². The number of nitrogens with one attached hydrogen (secondary N) is 1. The maximum Gasteiger partial charge on any atom is 0.267 e. The summed E-state index contributed by atoms with van der Waals surface area (Å²) in [5, 5.41) is 0. The number of aryl methyl sites for hydroxylation is 1. The summed E-state index contributed by atoms with van der Waals surface area (Å²) in [4.78, 5) is 19.4. The molecule has 3 nitrogen and oxygen atoms in total. The molecule has 0 radical (unpaired) electrons. The smallest absolute Gasteiger partial charge is 0.267 e. The lowest BCUT2D eigenvalue weighted by Gasteiger charge is -2.07. The zero-order chi connectivity index (χ0) is 14.8. The quantitative estimate of drug-likeness (QED) is 0.806. The molecule has 0 aliphatic carbocycles. The molecule has 20 heavy (non-hydrogen) atoms. The largest absolute Gasteiger partial charge is 0.305 e. The third-order valence-electron chi connectivity index (χ3n) is 2.71. The van der Waals surface area contributed by atoms with Gasteiger partial charge in [-0.1, -0.05) is 42.2 Å². The van der Waals surface area contributed by atoms with Crippen molar-refractivity contribution in [1.29, 1.82) is 0 Å². The monoisotopic (exact) mass is 266 g/mol. The molecule has 1 N–H and O–H groups in total. The molecular formula is C17H18N2O. The Morgan fingerprint density at radius 3 is 2.35 bits per heavy atom. The predicted octanol–water partition coefficient (Wildman–Crippen LogP) is 3.14. The highest BCUT2D eigenvalue weighted by molar-refractivity contribution is 5.55. The number of hydrogen-bond acceptors (Lipinski definition) is 2. The molecule has 0 spiro atoms. The number of hydrogen-bond donors (Lipinski definition) is 1. The van der Waals surface area contributed by atoms with Crippen LogP contribution in [0.2, 0.25) is 0 Å². The Bertz CT molecular complexity index is 726. The van der Waals surface area contributed by atoms with Crippen molar-refractivity contribution in [2.75, 3.05) is 0 Å². The number of H-pyrrole nitrogens is 1.